The van der Waals surface area contributed by atoms with Gasteiger partial charge in [0.1, 0.15) is 17.2 Å². The summed E-state index contributed by atoms with van der Waals surface area (Å²) in [4.78, 5) is 51.0. The van der Waals surface area contributed by atoms with E-state index in [9.17, 15) is 28.0 Å². The van der Waals surface area contributed by atoms with E-state index in [4.69, 9.17) is 9.47 Å². The van der Waals surface area contributed by atoms with Crippen LogP contribution < -0.4 is 25.0 Å². The molecule has 2 N–H and O–H groups in total. The summed E-state index contributed by atoms with van der Waals surface area (Å²) >= 11 is 0. The molecule has 3 aromatic rings. The van der Waals surface area contributed by atoms with Gasteiger partial charge in [-0.05, 0) is 54.6 Å². The Balaban J connectivity index is 1.61. The molecule has 0 unspecified atom stereocenters. The van der Waals surface area contributed by atoms with Crippen LogP contribution in [0.3, 0.4) is 0 Å². The fourth-order valence-electron chi connectivity index (χ4n) is 3.49. The van der Waals surface area contributed by atoms with Gasteiger partial charge in [-0.25, -0.2) is 18.5 Å². The average Bonchev–Trinajstić information content (AvgIpc) is 2.86. The number of carbonyl (C=O) groups is 4. The summed E-state index contributed by atoms with van der Waals surface area (Å²) in [5.74, 6) is -3.41. The lowest BCUT2D eigenvalue weighted by atomic mass is 10.1. The molecule has 9 nitrogen and oxygen atoms in total. The molecule has 1 heterocycles. The monoisotopic (exact) mass is 507 g/mol. The average molecular weight is 507 g/mol. The number of nitrogens with zero attached hydrogens (tertiary/aromatic N) is 1. The van der Waals surface area contributed by atoms with Crippen molar-refractivity contribution < 1.29 is 37.4 Å². The van der Waals surface area contributed by atoms with Crippen molar-refractivity contribution in [3.63, 3.8) is 0 Å². The second-order valence-corrected chi connectivity index (χ2v) is 7.66. The predicted octanol–water partition coefficient (Wildman–Crippen LogP) is 3.66. The zero-order valence-corrected chi connectivity index (χ0v) is 19.3. The summed E-state index contributed by atoms with van der Waals surface area (Å²) in [5.41, 5.74) is 0.0446. The molecule has 1 aliphatic rings. The van der Waals surface area contributed by atoms with Crippen molar-refractivity contribution in [2.45, 2.75) is 0 Å². The van der Waals surface area contributed by atoms with Gasteiger partial charge in [-0.2, -0.15) is 0 Å². The van der Waals surface area contributed by atoms with E-state index in [1.165, 1.54) is 55.7 Å². The molecule has 0 saturated carbocycles. The van der Waals surface area contributed by atoms with Crippen LogP contribution in [0.1, 0.15) is 5.56 Å². The number of barbiturate groups is 1. The Morgan fingerprint density at radius 3 is 2.43 bits per heavy atom. The fraction of sp³-hybridized carbons (Fsp3) is 0.0769. The molecule has 188 valence electrons. The number of benzene rings is 3. The highest BCUT2D eigenvalue weighted by molar-refractivity contribution is 6.39. The lowest BCUT2D eigenvalue weighted by Gasteiger charge is -2.26. The molecule has 3 aromatic carbocycles. The summed E-state index contributed by atoms with van der Waals surface area (Å²) in [6.07, 6.45) is 1.17. The molecule has 0 atom stereocenters. The minimum Gasteiger partial charge on any atom is -0.493 e. The van der Waals surface area contributed by atoms with Crippen LogP contribution in [0.25, 0.3) is 6.08 Å². The van der Waals surface area contributed by atoms with Crippen LogP contribution in [-0.2, 0) is 14.4 Å². The van der Waals surface area contributed by atoms with Crippen LogP contribution in [0.4, 0.5) is 25.0 Å². The number of ether oxygens (including phenoxy) is 2. The highest BCUT2D eigenvalue weighted by Gasteiger charge is 2.37. The molecule has 5 amide bonds. The number of para-hydroxylation sites is 1. The molecule has 4 rings (SSSR count). The fourth-order valence-corrected chi connectivity index (χ4v) is 3.49. The van der Waals surface area contributed by atoms with Gasteiger partial charge in [0.15, 0.2) is 18.1 Å². The van der Waals surface area contributed by atoms with Crippen LogP contribution in [0, 0.1) is 11.6 Å². The summed E-state index contributed by atoms with van der Waals surface area (Å²) in [7, 11) is 1.36. The first kappa shape index (κ1) is 25.0. The number of anilines is 2. The molecule has 1 fully saturated rings. The first-order valence-corrected chi connectivity index (χ1v) is 10.8. The zero-order valence-electron chi connectivity index (χ0n) is 19.3. The minimum absolute atomic E-state index is 0.0431. The third-order valence-corrected chi connectivity index (χ3v) is 5.17. The number of hydrogen-bond donors (Lipinski definition) is 2. The maximum Gasteiger partial charge on any atom is 0.335 e. The van der Waals surface area contributed by atoms with Crippen LogP contribution in [-0.4, -0.2) is 37.5 Å². The van der Waals surface area contributed by atoms with Gasteiger partial charge in [0.25, 0.3) is 17.7 Å². The quantitative estimate of drug-likeness (QED) is 0.373. The van der Waals surface area contributed by atoms with Gasteiger partial charge in [0.2, 0.25) is 0 Å². The van der Waals surface area contributed by atoms with E-state index in [0.29, 0.717) is 10.6 Å². The van der Waals surface area contributed by atoms with Gasteiger partial charge < -0.3 is 14.8 Å². The van der Waals surface area contributed by atoms with E-state index in [-0.39, 0.29) is 22.7 Å². The predicted molar refractivity (Wildman–Crippen MR) is 129 cm³/mol. The number of rotatable bonds is 7. The molecule has 0 radical (unpaired) electrons. The normalized spacial score (nSPS) is 14.4. The smallest absolute Gasteiger partial charge is 0.335 e. The van der Waals surface area contributed by atoms with Crippen molar-refractivity contribution in [3.05, 3.63) is 89.5 Å². The Kier molecular flexibility index (Phi) is 7.23. The highest BCUT2D eigenvalue weighted by Crippen LogP contribution is 2.33. The molecule has 37 heavy (non-hydrogen) atoms. The zero-order chi connectivity index (χ0) is 26.5. The van der Waals surface area contributed by atoms with Crippen LogP contribution in [0.2, 0.25) is 0 Å². The van der Waals surface area contributed by atoms with E-state index < -0.39 is 47.6 Å². The number of carbonyl (C=O) groups excluding carboxylic acids is 4. The summed E-state index contributed by atoms with van der Waals surface area (Å²) in [6.45, 7) is -0.484. The van der Waals surface area contributed by atoms with Crippen molar-refractivity contribution >= 4 is 41.2 Å². The Morgan fingerprint density at radius 1 is 1.00 bits per heavy atom. The van der Waals surface area contributed by atoms with E-state index >= 15 is 0 Å². The lowest BCUT2D eigenvalue weighted by Crippen LogP contribution is -2.54. The maximum absolute atomic E-state index is 13.7. The van der Waals surface area contributed by atoms with Crippen molar-refractivity contribution in [1.82, 2.24) is 5.32 Å². The summed E-state index contributed by atoms with van der Waals surface area (Å²) < 4.78 is 37.7. The van der Waals surface area contributed by atoms with E-state index in [1.807, 2.05) is 0 Å². The van der Waals surface area contributed by atoms with Crippen molar-refractivity contribution in [2.75, 3.05) is 23.9 Å². The topological polar surface area (TPSA) is 114 Å². The molecular weight excluding hydrogens is 488 g/mol. The largest absolute Gasteiger partial charge is 0.493 e. The van der Waals surface area contributed by atoms with E-state index in [0.717, 1.165) is 12.1 Å². The Bertz CT molecular complexity index is 1420. The SMILES string of the molecule is COc1cccc(/C=C2\C(=O)NC(=O)N(c3cccc(F)c3)C2=O)c1OCC(=O)Nc1ccc(F)cc1. The Hall–Kier alpha value is -5.06. The number of nitrogens with one attached hydrogen (secondary N) is 2. The van der Waals surface area contributed by atoms with Gasteiger partial charge in [0, 0.05) is 11.3 Å². The Labute approximate surface area is 209 Å². The summed E-state index contributed by atoms with van der Waals surface area (Å²) in [5, 5.41) is 4.60. The van der Waals surface area contributed by atoms with Crippen LogP contribution in [0.5, 0.6) is 11.5 Å². The first-order chi connectivity index (χ1) is 17.8. The third kappa shape index (κ3) is 5.61. The molecule has 0 spiro atoms. The third-order valence-electron chi connectivity index (χ3n) is 5.17. The van der Waals surface area contributed by atoms with Gasteiger partial charge >= 0.3 is 6.03 Å². The highest BCUT2D eigenvalue weighted by atomic mass is 19.1. The number of imide groups is 2. The molecule has 0 bridgehead atoms. The van der Waals surface area contributed by atoms with Crippen molar-refractivity contribution in [1.29, 1.82) is 0 Å². The van der Waals surface area contributed by atoms with E-state index in [2.05, 4.69) is 10.6 Å². The molecule has 1 aliphatic heterocycles. The van der Waals surface area contributed by atoms with Crippen LogP contribution in [0.15, 0.2) is 72.3 Å². The van der Waals surface area contributed by atoms with Crippen molar-refractivity contribution in [3.8, 4) is 11.5 Å². The molecule has 0 aliphatic carbocycles. The Morgan fingerprint density at radius 2 is 1.73 bits per heavy atom. The van der Waals surface area contributed by atoms with Crippen molar-refractivity contribution in [2.24, 2.45) is 0 Å². The van der Waals surface area contributed by atoms with E-state index in [1.54, 1.807) is 12.1 Å². The summed E-state index contributed by atoms with van der Waals surface area (Å²) in [6, 6.07) is 13.5. The first-order valence-electron chi connectivity index (χ1n) is 10.8. The number of methoxy groups -OCH3 is 1. The van der Waals surface area contributed by atoms with Gasteiger partial charge in [0.05, 0.1) is 12.8 Å². The van der Waals surface area contributed by atoms with Crippen LogP contribution >= 0.6 is 0 Å². The standard InChI is InChI=1S/C26H19F2N3O6/c1-36-21-7-2-4-15(23(21)37-14-22(32)29-18-10-8-16(27)9-11-18)12-20-24(33)30-26(35)31(25(20)34)19-6-3-5-17(28)13-19/h2-13H,14H2,1H3,(H,29,32)(H,30,33,35)/b20-12+. The number of halogens is 2. The molecule has 1 saturated heterocycles. The maximum atomic E-state index is 13.7. The molecular formula is C26H19F2N3O6. The number of hydrogen-bond acceptors (Lipinski definition) is 6. The lowest BCUT2D eigenvalue weighted by molar-refractivity contribution is -0.122. The number of amides is 5. The second kappa shape index (κ2) is 10.7. The molecule has 11 heteroatoms. The van der Waals surface area contributed by atoms with Gasteiger partial charge in [-0.3, -0.25) is 19.7 Å². The second-order valence-electron chi connectivity index (χ2n) is 7.66. The number of urea groups is 1. The van der Waals surface area contributed by atoms with Gasteiger partial charge in [-0.15, -0.1) is 0 Å². The minimum atomic E-state index is -1.03. The molecule has 0 aromatic heterocycles. The van der Waals surface area contributed by atoms with Gasteiger partial charge in [-0.1, -0.05) is 18.2 Å².